The molecule has 2 atom stereocenters. The molecule has 2 unspecified atom stereocenters. The van der Waals surface area contributed by atoms with Crippen LogP contribution in [0.15, 0.2) is 47.6 Å². The summed E-state index contributed by atoms with van der Waals surface area (Å²) in [5.41, 5.74) is 4.27. The van der Waals surface area contributed by atoms with E-state index in [2.05, 4.69) is 58.6 Å². The molecule has 0 aliphatic heterocycles. The Hall–Kier alpha value is -1.04. The van der Waals surface area contributed by atoms with Crippen LogP contribution in [0.2, 0.25) is 0 Å². The van der Waals surface area contributed by atoms with Crippen molar-refractivity contribution < 1.29 is 0 Å². The van der Waals surface area contributed by atoms with Crippen LogP contribution in [0.3, 0.4) is 0 Å². The molecule has 0 bridgehead atoms. The van der Waals surface area contributed by atoms with Gasteiger partial charge in [-0.15, -0.1) is 0 Å². The van der Waals surface area contributed by atoms with Crippen LogP contribution < -0.4 is 0 Å². The zero-order valence-corrected chi connectivity index (χ0v) is 9.52. The number of hydrogen-bond donors (Lipinski definition) is 0. The molecular formula is C14H18. The van der Waals surface area contributed by atoms with Gasteiger partial charge in [0.2, 0.25) is 0 Å². The molecule has 2 aliphatic rings. The molecule has 0 saturated heterocycles. The van der Waals surface area contributed by atoms with Crippen molar-refractivity contribution in [1.82, 2.24) is 0 Å². The van der Waals surface area contributed by atoms with Gasteiger partial charge in [0.15, 0.2) is 0 Å². The molecule has 0 aromatic rings. The van der Waals surface area contributed by atoms with Gasteiger partial charge < -0.3 is 0 Å². The lowest BCUT2D eigenvalue weighted by molar-refractivity contribution is 0.325. The SMILES string of the molecule is C=C1C(C)=CC2(C)C=C/C(=C/C)C12C. The van der Waals surface area contributed by atoms with E-state index in [0.717, 1.165) is 0 Å². The molecule has 0 heteroatoms. The van der Waals surface area contributed by atoms with Gasteiger partial charge in [0.25, 0.3) is 0 Å². The normalized spacial score (nSPS) is 43.3. The highest BCUT2D eigenvalue weighted by atomic mass is 14.5. The molecule has 0 fully saturated rings. The Kier molecular flexibility index (Phi) is 1.70. The third kappa shape index (κ3) is 0.796. The average molecular weight is 186 g/mol. The predicted octanol–water partition coefficient (Wildman–Crippen LogP) is 4.03. The van der Waals surface area contributed by atoms with Crippen molar-refractivity contribution in [3.05, 3.63) is 47.6 Å². The van der Waals surface area contributed by atoms with Crippen molar-refractivity contribution in [2.75, 3.05) is 0 Å². The van der Waals surface area contributed by atoms with E-state index in [4.69, 9.17) is 0 Å². The monoisotopic (exact) mass is 186 g/mol. The van der Waals surface area contributed by atoms with Gasteiger partial charge in [-0.3, -0.25) is 0 Å². The van der Waals surface area contributed by atoms with Crippen LogP contribution in [0.5, 0.6) is 0 Å². The van der Waals surface area contributed by atoms with Crippen LogP contribution in [0.4, 0.5) is 0 Å². The molecule has 0 amide bonds. The zero-order chi connectivity index (χ0) is 10.6. The lowest BCUT2D eigenvalue weighted by atomic mass is 9.66. The molecular weight excluding hydrogens is 168 g/mol. The summed E-state index contributed by atoms with van der Waals surface area (Å²) in [6, 6.07) is 0. The lowest BCUT2D eigenvalue weighted by Crippen LogP contribution is -2.29. The summed E-state index contributed by atoms with van der Waals surface area (Å²) in [5, 5.41) is 0. The van der Waals surface area contributed by atoms with Crippen LogP contribution in [0.25, 0.3) is 0 Å². The Morgan fingerprint density at radius 3 is 2.57 bits per heavy atom. The van der Waals surface area contributed by atoms with E-state index in [1.54, 1.807) is 0 Å². The van der Waals surface area contributed by atoms with Crippen molar-refractivity contribution in [2.45, 2.75) is 27.7 Å². The molecule has 74 valence electrons. The molecule has 2 aliphatic carbocycles. The fourth-order valence-electron chi connectivity index (χ4n) is 2.92. The first-order valence-electron chi connectivity index (χ1n) is 5.21. The molecule has 0 spiro atoms. The number of hydrogen-bond acceptors (Lipinski definition) is 0. The zero-order valence-electron chi connectivity index (χ0n) is 9.52. The van der Waals surface area contributed by atoms with Gasteiger partial charge in [0.1, 0.15) is 0 Å². The molecule has 0 radical (unpaired) electrons. The smallest absolute Gasteiger partial charge is 0.0290 e. The topological polar surface area (TPSA) is 0 Å². The van der Waals surface area contributed by atoms with Crippen LogP contribution >= 0.6 is 0 Å². The summed E-state index contributed by atoms with van der Waals surface area (Å²) in [4.78, 5) is 0. The Labute approximate surface area is 86.7 Å². The number of fused-ring (bicyclic) bond motifs is 1. The van der Waals surface area contributed by atoms with Gasteiger partial charge in [-0.05, 0) is 25.0 Å². The second-order valence-corrected chi connectivity index (χ2v) is 4.79. The van der Waals surface area contributed by atoms with Crippen molar-refractivity contribution in [1.29, 1.82) is 0 Å². The van der Waals surface area contributed by atoms with E-state index in [0.29, 0.717) is 0 Å². The molecule has 0 aromatic heterocycles. The molecule has 2 rings (SSSR count). The van der Waals surface area contributed by atoms with Gasteiger partial charge in [0.05, 0.1) is 0 Å². The fraction of sp³-hybridized carbons (Fsp3) is 0.429. The minimum atomic E-state index is 0.103. The maximum atomic E-state index is 4.24. The summed E-state index contributed by atoms with van der Waals surface area (Å²) < 4.78 is 0. The summed E-state index contributed by atoms with van der Waals surface area (Å²) in [5.74, 6) is 0. The first-order valence-corrected chi connectivity index (χ1v) is 5.21. The van der Waals surface area contributed by atoms with Gasteiger partial charge in [-0.25, -0.2) is 0 Å². The average Bonchev–Trinajstić information content (AvgIpc) is 2.47. The summed E-state index contributed by atoms with van der Waals surface area (Å²) in [6.45, 7) is 13.1. The predicted molar refractivity (Wildman–Crippen MR) is 62.0 cm³/mol. The molecule has 0 N–H and O–H groups in total. The Balaban J connectivity index is 2.65. The highest BCUT2D eigenvalue weighted by molar-refractivity contribution is 5.58. The van der Waals surface area contributed by atoms with Gasteiger partial charge >= 0.3 is 0 Å². The molecule has 14 heavy (non-hydrogen) atoms. The molecule has 0 nitrogen and oxygen atoms in total. The summed E-state index contributed by atoms with van der Waals surface area (Å²) in [7, 11) is 0. The van der Waals surface area contributed by atoms with Crippen LogP contribution in [0.1, 0.15) is 27.7 Å². The second kappa shape index (κ2) is 2.50. The lowest BCUT2D eigenvalue weighted by Gasteiger charge is -2.36. The van der Waals surface area contributed by atoms with Crippen LogP contribution in [0, 0.1) is 10.8 Å². The standard InChI is InChI=1S/C14H18/c1-6-12-7-8-13(4)9-10(2)11(3)14(12,13)5/h6-9H,3H2,1-2,4-5H3/b12-6-. The quantitative estimate of drug-likeness (QED) is 0.536. The van der Waals surface area contributed by atoms with E-state index >= 15 is 0 Å². The number of allylic oxidation sites excluding steroid dienone is 7. The summed E-state index contributed by atoms with van der Waals surface area (Å²) >= 11 is 0. The number of rotatable bonds is 0. The summed E-state index contributed by atoms with van der Waals surface area (Å²) in [6.07, 6.45) is 9.11. The fourth-order valence-corrected chi connectivity index (χ4v) is 2.92. The van der Waals surface area contributed by atoms with E-state index in [1.165, 1.54) is 16.7 Å². The molecule has 0 aromatic carbocycles. The highest BCUT2D eigenvalue weighted by Gasteiger charge is 2.52. The molecule has 0 saturated carbocycles. The second-order valence-electron chi connectivity index (χ2n) is 4.79. The minimum Gasteiger partial charge on any atom is -0.0946 e. The molecule has 0 heterocycles. The largest absolute Gasteiger partial charge is 0.0946 e. The van der Waals surface area contributed by atoms with E-state index in [-0.39, 0.29) is 10.8 Å². The van der Waals surface area contributed by atoms with Crippen molar-refractivity contribution in [2.24, 2.45) is 10.8 Å². The Morgan fingerprint density at radius 2 is 2.00 bits per heavy atom. The van der Waals surface area contributed by atoms with E-state index in [1.807, 2.05) is 0 Å². The van der Waals surface area contributed by atoms with Gasteiger partial charge in [-0.1, -0.05) is 50.3 Å². The Bertz CT molecular complexity index is 392. The third-order valence-electron chi connectivity index (χ3n) is 4.17. The Morgan fingerprint density at radius 1 is 1.36 bits per heavy atom. The van der Waals surface area contributed by atoms with Crippen LogP contribution in [-0.2, 0) is 0 Å². The first-order chi connectivity index (χ1) is 6.45. The van der Waals surface area contributed by atoms with Crippen LogP contribution in [-0.4, -0.2) is 0 Å². The van der Waals surface area contributed by atoms with Gasteiger partial charge in [-0.2, -0.15) is 0 Å². The highest BCUT2D eigenvalue weighted by Crippen LogP contribution is 2.62. The van der Waals surface area contributed by atoms with Crippen molar-refractivity contribution in [3.8, 4) is 0 Å². The van der Waals surface area contributed by atoms with E-state index < -0.39 is 0 Å². The van der Waals surface area contributed by atoms with Gasteiger partial charge in [0, 0.05) is 10.8 Å². The van der Waals surface area contributed by atoms with Crippen molar-refractivity contribution in [3.63, 3.8) is 0 Å². The maximum Gasteiger partial charge on any atom is 0.0290 e. The van der Waals surface area contributed by atoms with E-state index in [9.17, 15) is 0 Å². The first kappa shape index (κ1) is 9.51. The van der Waals surface area contributed by atoms with Crippen molar-refractivity contribution >= 4 is 0 Å². The minimum absolute atomic E-state index is 0.103. The maximum absolute atomic E-state index is 4.24. The third-order valence-corrected chi connectivity index (χ3v) is 4.17.